The number of aryl methyl sites for hydroxylation is 1. The van der Waals surface area contributed by atoms with Crippen molar-refractivity contribution in [3.8, 4) is 5.75 Å². The highest BCUT2D eigenvalue weighted by Crippen LogP contribution is 2.31. The second kappa shape index (κ2) is 8.26. The summed E-state index contributed by atoms with van der Waals surface area (Å²) >= 11 is 0. The molecule has 0 spiro atoms. The van der Waals surface area contributed by atoms with E-state index >= 15 is 0 Å². The van der Waals surface area contributed by atoms with E-state index in [4.69, 9.17) is 4.74 Å². The molecule has 0 saturated heterocycles. The first-order chi connectivity index (χ1) is 14.9. The fourth-order valence-corrected chi connectivity index (χ4v) is 4.27. The van der Waals surface area contributed by atoms with Crippen LogP contribution in [-0.2, 0) is 24.1 Å². The molecule has 0 saturated carbocycles. The molecule has 0 radical (unpaired) electrons. The fraction of sp³-hybridized carbons (Fsp3) is 0.231. The lowest BCUT2D eigenvalue weighted by atomic mass is 9.94. The summed E-state index contributed by atoms with van der Waals surface area (Å²) in [6.07, 6.45) is 1.17. The zero-order valence-electron chi connectivity index (χ0n) is 17.6. The number of benzene rings is 3. The molecule has 5 nitrogen and oxygen atoms in total. The Morgan fingerprint density at radius 1 is 0.968 bits per heavy atom. The van der Waals surface area contributed by atoms with Gasteiger partial charge in [0, 0.05) is 24.8 Å². The maximum Gasteiger partial charge on any atom is 0.330 e. The van der Waals surface area contributed by atoms with E-state index < -0.39 is 17.4 Å². The first-order valence-corrected chi connectivity index (χ1v) is 10.3. The summed E-state index contributed by atoms with van der Waals surface area (Å²) in [6, 6.07) is 20.9. The number of carboxylic acid groups (broad SMARTS) is 1. The number of rotatable bonds is 6. The van der Waals surface area contributed by atoms with E-state index in [1.165, 1.54) is 0 Å². The minimum absolute atomic E-state index is 0.274. The Bertz CT molecular complexity index is 1130. The van der Waals surface area contributed by atoms with Gasteiger partial charge in [-0.25, -0.2) is 4.79 Å². The van der Waals surface area contributed by atoms with E-state index in [-0.39, 0.29) is 12.8 Å². The molecule has 0 unspecified atom stereocenters. The molecule has 0 fully saturated rings. The highest BCUT2D eigenvalue weighted by molar-refractivity contribution is 5.98. The van der Waals surface area contributed by atoms with Gasteiger partial charge in [0.15, 0.2) is 0 Å². The lowest BCUT2D eigenvalue weighted by Gasteiger charge is -2.25. The first kappa shape index (κ1) is 20.7. The smallest absolute Gasteiger partial charge is 0.330 e. The Morgan fingerprint density at radius 3 is 2.23 bits per heavy atom. The van der Waals surface area contributed by atoms with Crippen LogP contribution < -0.4 is 10.1 Å². The van der Waals surface area contributed by atoms with Crippen molar-refractivity contribution in [2.45, 2.75) is 31.7 Å². The van der Waals surface area contributed by atoms with Crippen molar-refractivity contribution in [3.63, 3.8) is 0 Å². The fourth-order valence-electron chi connectivity index (χ4n) is 4.27. The Kier molecular flexibility index (Phi) is 5.51. The van der Waals surface area contributed by atoms with Gasteiger partial charge >= 0.3 is 5.97 Å². The van der Waals surface area contributed by atoms with Crippen molar-refractivity contribution in [1.29, 1.82) is 0 Å². The number of aliphatic carboxylic acids is 1. The number of carboxylic acids is 1. The van der Waals surface area contributed by atoms with E-state index in [1.807, 2.05) is 49.4 Å². The molecule has 1 amide bonds. The van der Waals surface area contributed by atoms with E-state index in [0.717, 1.165) is 27.8 Å². The quantitative estimate of drug-likeness (QED) is 0.639. The first-order valence-electron chi connectivity index (χ1n) is 10.3. The molecule has 3 aromatic rings. The highest BCUT2D eigenvalue weighted by atomic mass is 16.5. The van der Waals surface area contributed by atoms with Crippen LogP contribution in [0, 0.1) is 6.92 Å². The standard InChI is InChI=1S/C26H25NO4/c1-17-7-3-4-8-18(17)13-22-14-19(11-12-23(22)31-2)24(28)27-26(25(29)30)15-20-9-5-6-10-21(20)16-26/h3-12,14H,13,15-16H2,1-2H3,(H,27,28)(H,29,30). The van der Waals surface area contributed by atoms with Crippen molar-refractivity contribution in [2.75, 3.05) is 7.11 Å². The lowest BCUT2D eigenvalue weighted by Crippen LogP contribution is -2.55. The SMILES string of the molecule is COc1ccc(C(=O)NC2(C(=O)O)Cc3ccccc3C2)cc1Cc1ccccc1C. The number of hydrogen-bond acceptors (Lipinski definition) is 3. The predicted octanol–water partition coefficient (Wildman–Crippen LogP) is 3.95. The number of carbonyl (C=O) groups excluding carboxylic acids is 1. The van der Waals surface area contributed by atoms with Crippen LogP contribution in [0.1, 0.15) is 38.2 Å². The van der Waals surface area contributed by atoms with E-state index in [9.17, 15) is 14.7 Å². The van der Waals surface area contributed by atoms with Crippen molar-refractivity contribution in [2.24, 2.45) is 0 Å². The molecule has 5 heteroatoms. The average Bonchev–Trinajstić information content (AvgIpc) is 3.15. The number of nitrogens with one attached hydrogen (secondary N) is 1. The van der Waals surface area contributed by atoms with Crippen molar-refractivity contribution >= 4 is 11.9 Å². The molecule has 0 aromatic heterocycles. The van der Waals surface area contributed by atoms with E-state index in [2.05, 4.69) is 11.4 Å². The second-order valence-corrected chi connectivity index (χ2v) is 8.09. The maximum atomic E-state index is 13.1. The third kappa shape index (κ3) is 4.04. The number of ether oxygens (including phenoxy) is 1. The van der Waals surface area contributed by atoms with E-state index in [1.54, 1.807) is 25.3 Å². The van der Waals surface area contributed by atoms with Gasteiger partial charge in [0.2, 0.25) is 0 Å². The number of hydrogen-bond donors (Lipinski definition) is 2. The molecule has 0 bridgehead atoms. The van der Waals surface area contributed by atoms with Crippen LogP contribution in [0.2, 0.25) is 0 Å². The van der Waals surface area contributed by atoms with Crippen LogP contribution in [0.25, 0.3) is 0 Å². The molecule has 2 N–H and O–H groups in total. The van der Waals surface area contributed by atoms with Crippen molar-refractivity contribution in [3.05, 3.63) is 100 Å². The monoisotopic (exact) mass is 415 g/mol. The largest absolute Gasteiger partial charge is 0.496 e. The summed E-state index contributed by atoms with van der Waals surface area (Å²) < 4.78 is 5.50. The average molecular weight is 415 g/mol. The van der Waals surface area contributed by atoms with Crippen molar-refractivity contribution in [1.82, 2.24) is 5.32 Å². The molecule has 31 heavy (non-hydrogen) atoms. The highest BCUT2D eigenvalue weighted by Gasteiger charge is 2.45. The molecule has 3 aromatic carbocycles. The molecule has 158 valence electrons. The Morgan fingerprint density at radius 2 is 1.61 bits per heavy atom. The van der Waals surface area contributed by atoms with Crippen molar-refractivity contribution < 1.29 is 19.4 Å². The van der Waals surface area contributed by atoms with Gasteiger partial charge in [-0.3, -0.25) is 4.79 Å². The Labute approximate surface area is 181 Å². The normalized spacial score (nSPS) is 14.0. The van der Waals surface area contributed by atoms with Gasteiger partial charge < -0.3 is 15.2 Å². The third-order valence-corrected chi connectivity index (χ3v) is 6.05. The molecule has 0 atom stereocenters. The number of fused-ring (bicyclic) bond motifs is 1. The molecule has 1 aliphatic carbocycles. The summed E-state index contributed by atoms with van der Waals surface area (Å²) in [6.45, 7) is 2.05. The van der Waals surface area contributed by atoms with Crippen LogP contribution in [0.5, 0.6) is 5.75 Å². The summed E-state index contributed by atoms with van der Waals surface area (Å²) in [5.41, 5.74) is 4.18. The Hall–Kier alpha value is -3.60. The Balaban J connectivity index is 1.61. The molecule has 4 rings (SSSR count). The van der Waals surface area contributed by atoms with Crippen LogP contribution >= 0.6 is 0 Å². The number of methoxy groups -OCH3 is 1. The number of carbonyl (C=O) groups is 2. The zero-order valence-corrected chi connectivity index (χ0v) is 17.6. The van der Waals surface area contributed by atoms with Gasteiger partial charge in [0.1, 0.15) is 11.3 Å². The van der Waals surface area contributed by atoms with Gasteiger partial charge in [0.25, 0.3) is 5.91 Å². The summed E-state index contributed by atoms with van der Waals surface area (Å²) in [7, 11) is 1.60. The molecule has 1 aliphatic rings. The summed E-state index contributed by atoms with van der Waals surface area (Å²) in [4.78, 5) is 25.3. The topological polar surface area (TPSA) is 75.6 Å². The molecule has 0 aliphatic heterocycles. The maximum absolute atomic E-state index is 13.1. The van der Waals surface area contributed by atoms with Gasteiger partial charge in [-0.1, -0.05) is 48.5 Å². The van der Waals surface area contributed by atoms with Gasteiger partial charge in [-0.2, -0.15) is 0 Å². The minimum Gasteiger partial charge on any atom is -0.496 e. The lowest BCUT2D eigenvalue weighted by molar-refractivity contribution is -0.144. The van der Waals surface area contributed by atoms with E-state index in [0.29, 0.717) is 17.7 Å². The molecular weight excluding hydrogens is 390 g/mol. The van der Waals surface area contributed by atoms with Crippen LogP contribution in [0.15, 0.2) is 66.7 Å². The summed E-state index contributed by atoms with van der Waals surface area (Å²) in [5, 5.41) is 12.8. The van der Waals surface area contributed by atoms with Gasteiger partial charge in [-0.05, 0) is 52.9 Å². The zero-order chi connectivity index (χ0) is 22.0. The summed E-state index contributed by atoms with van der Waals surface area (Å²) in [5.74, 6) is -0.726. The predicted molar refractivity (Wildman–Crippen MR) is 119 cm³/mol. The third-order valence-electron chi connectivity index (χ3n) is 6.05. The number of amides is 1. The van der Waals surface area contributed by atoms with Gasteiger partial charge in [-0.15, -0.1) is 0 Å². The molecule has 0 heterocycles. The van der Waals surface area contributed by atoms with Crippen LogP contribution in [0.3, 0.4) is 0 Å². The van der Waals surface area contributed by atoms with Gasteiger partial charge in [0.05, 0.1) is 7.11 Å². The van der Waals surface area contributed by atoms with Crippen LogP contribution in [-0.4, -0.2) is 29.6 Å². The van der Waals surface area contributed by atoms with Crippen LogP contribution in [0.4, 0.5) is 0 Å². The minimum atomic E-state index is -1.34. The molecular formula is C26H25NO4. The second-order valence-electron chi connectivity index (χ2n) is 8.09.